The van der Waals surface area contributed by atoms with Crippen LogP contribution >= 0.6 is 22.6 Å². The third-order valence-corrected chi connectivity index (χ3v) is 6.06. The molecule has 0 saturated heterocycles. The summed E-state index contributed by atoms with van der Waals surface area (Å²) in [4.78, 5) is 26.8. The quantitative estimate of drug-likeness (QED) is 0.425. The molecule has 2 aromatic carbocycles. The van der Waals surface area contributed by atoms with Gasteiger partial charge in [0.05, 0.1) is 42.9 Å². The summed E-state index contributed by atoms with van der Waals surface area (Å²) in [5.41, 5.74) is 4.67. The van der Waals surface area contributed by atoms with Gasteiger partial charge in [-0.15, -0.1) is 0 Å². The summed E-state index contributed by atoms with van der Waals surface area (Å²) in [5.74, 6) is -3.46. The second-order valence-electron chi connectivity index (χ2n) is 7.00. The average Bonchev–Trinajstić information content (AvgIpc) is 2.82. The molecule has 7 nitrogen and oxygen atoms in total. The molecule has 0 amide bonds. The van der Waals surface area contributed by atoms with Gasteiger partial charge in [0.15, 0.2) is 0 Å². The summed E-state index contributed by atoms with van der Waals surface area (Å²) >= 11 is 1.54. The van der Waals surface area contributed by atoms with Crippen LogP contribution in [-0.4, -0.2) is 26.2 Å². The van der Waals surface area contributed by atoms with Gasteiger partial charge >= 0.3 is 18.1 Å². The van der Waals surface area contributed by atoms with Gasteiger partial charge in [0.2, 0.25) is 0 Å². The Bertz CT molecular complexity index is 1250. The highest BCUT2D eigenvalue weighted by molar-refractivity contribution is 14.1. The standard InChI is InChI=1S/C23H17F3IN3O4/c1-33-21(31)18-17(12-6-4-3-5-7-12)14(11-28)20(29)30(19(18)22(32)34-2)13-8-9-16(27)15(10-13)23(24,25)26/h3-10,17H,29H2,1-2H3. The summed E-state index contributed by atoms with van der Waals surface area (Å²) < 4.78 is 50.5. The Balaban J connectivity index is 2.43. The molecule has 0 aromatic heterocycles. The second-order valence-corrected chi connectivity index (χ2v) is 8.16. The van der Waals surface area contributed by atoms with Crippen molar-refractivity contribution in [3.63, 3.8) is 0 Å². The van der Waals surface area contributed by atoms with Gasteiger partial charge in [-0.2, -0.15) is 18.4 Å². The zero-order valence-electron chi connectivity index (χ0n) is 17.8. The Morgan fingerprint density at radius 1 is 1.09 bits per heavy atom. The summed E-state index contributed by atoms with van der Waals surface area (Å²) in [7, 11) is 2.13. The van der Waals surface area contributed by atoms with Crippen LogP contribution in [0.5, 0.6) is 0 Å². The number of rotatable bonds is 4. The smallest absolute Gasteiger partial charge is 0.417 e. The lowest BCUT2D eigenvalue weighted by Crippen LogP contribution is -2.40. The van der Waals surface area contributed by atoms with Crippen LogP contribution < -0.4 is 10.6 Å². The van der Waals surface area contributed by atoms with E-state index >= 15 is 0 Å². The minimum Gasteiger partial charge on any atom is -0.466 e. The van der Waals surface area contributed by atoms with Crippen LogP contribution in [0.1, 0.15) is 17.0 Å². The topological polar surface area (TPSA) is 106 Å². The predicted octanol–water partition coefficient (Wildman–Crippen LogP) is 4.21. The van der Waals surface area contributed by atoms with Gasteiger partial charge in [-0.1, -0.05) is 30.3 Å². The van der Waals surface area contributed by atoms with Crippen molar-refractivity contribution in [1.29, 1.82) is 5.26 Å². The van der Waals surface area contributed by atoms with Gasteiger partial charge in [0.25, 0.3) is 0 Å². The van der Waals surface area contributed by atoms with E-state index in [0.717, 1.165) is 25.2 Å². The lowest BCUT2D eigenvalue weighted by Gasteiger charge is -2.36. The molecular formula is C23H17F3IN3O4. The average molecular weight is 583 g/mol. The van der Waals surface area contributed by atoms with Gasteiger partial charge in [-0.05, 0) is 46.4 Å². The van der Waals surface area contributed by atoms with Crippen molar-refractivity contribution in [2.24, 2.45) is 5.73 Å². The van der Waals surface area contributed by atoms with Crippen molar-refractivity contribution in [1.82, 2.24) is 0 Å². The molecule has 1 atom stereocenters. The van der Waals surface area contributed by atoms with E-state index in [0.29, 0.717) is 5.56 Å². The minimum atomic E-state index is -4.70. The Morgan fingerprint density at radius 2 is 1.71 bits per heavy atom. The summed E-state index contributed by atoms with van der Waals surface area (Å²) in [6, 6.07) is 13.5. The van der Waals surface area contributed by atoms with Gasteiger partial charge < -0.3 is 15.2 Å². The fourth-order valence-corrected chi connectivity index (χ4v) is 4.29. The second kappa shape index (κ2) is 9.76. The minimum absolute atomic E-state index is 0.0899. The number of allylic oxidation sites excluding steroid dienone is 1. The largest absolute Gasteiger partial charge is 0.466 e. The Labute approximate surface area is 206 Å². The number of ether oxygens (including phenoxy) is 2. The van der Waals surface area contributed by atoms with Crippen molar-refractivity contribution in [2.45, 2.75) is 12.1 Å². The van der Waals surface area contributed by atoms with Crippen LogP contribution in [0.15, 0.2) is 71.2 Å². The first kappa shape index (κ1) is 25.1. The van der Waals surface area contributed by atoms with Crippen LogP contribution in [0, 0.1) is 14.9 Å². The van der Waals surface area contributed by atoms with E-state index in [1.54, 1.807) is 30.3 Å². The Morgan fingerprint density at radius 3 is 2.24 bits per heavy atom. The SMILES string of the molecule is COC(=O)C1=C(C(=O)OC)N(c2ccc(I)c(C(F)(F)F)c2)C(N)=C(C#N)C1c1ccccc1. The van der Waals surface area contributed by atoms with E-state index in [9.17, 15) is 28.0 Å². The van der Waals surface area contributed by atoms with E-state index in [1.165, 1.54) is 34.7 Å². The lowest BCUT2D eigenvalue weighted by atomic mass is 9.81. The molecule has 0 saturated carbocycles. The molecule has 0 fully saturated rings. The Hall–Kier alpha value is -3.53. The number of esters is 2. The number of carbonyl (C=O) groups is 2. The zero-order valence-corrected chi connectivity index (χ0v) is 20.0. The van der Waals surface area contributed by atoms with Gasteiger partial charge in [-0.25, -0.2) is 9.59 Å². The Kier molecular flexibility index (Phi) is 7.21. The summed E-state index contributed by atoms with van der Waals surface area (Å²) in [6.07, 6.45) is -4.70. The molecule has 0 radical (unpaired) electrons. The number of benzene rings is 2. The van der Waals surface area contributed by atoms with Gasteiger partial charge in [0.1, 0.15) is 11.5 Å². The van der Waals surface area contributed by atoms with Crippen molar-refractivity contribution in [2.75, 3.05) is 19.1 Å². The normalized spacial score (nSPS) is 16.3. The van der Waals surface area contributed by atoms with Crippen LogP contribution in [-0.2, 0) is 25.2 Å². The molecule has 34 heavy (non-hydrogen) atoms. The summed E-state index contributed by atoms with van der Waals surface area (Å²) in [5, 5.41) is 9.95. The molecule has 1 aliphatic rings. The third-order valence-electron chi connectivity index (χ3n) is 5.12. The molecule has 2 aromatic rings. The molecule has 1 aliphatic heterocycles. The predicted molar refractivity (Wildman–Crippen MR) is 124 cm³/mol. The first-order valence-electron chi connectivity index (χ1n) is 9.59. The van der Waals surface area contributed by atoms with E-state index in [4.69, 9.17) is 15.2 Å². The van der Waals surface area contributed by atoms with Crippen molar-refractivity contribution in [3.05, 3.63) is 85.9 Å². The van der Waals surface area contributed by atoms with Crippen molar-refractivity contribution >= 4 is 40.2 Å². The third kappa shape index (κ3) is 4.45. The first-order valence-corrected chi connectivity index (χ1v) is 10.7. The maximum Gasteiger partial charge on any atom is 0.417 e. The fourth-order valence-electron chi connectivity index (χ4n) is 3.65. The number of nitrogens with two attached hydrogens (primary N) is 1. The van der Waals surface area contributed by atoms with E-state index in [-0.39, 0.29) is 26.2 Å². The van der Waals surface area contributed by atoms with Crippen molar-refractivity contribution < 1.29 is 32.2 Å². The number of methoxy groups -OCH3 is 2. The molecule has 3 rings (SSSR count). The maximum absolute atomic E-state index is 13.6. The van der Waals surface area contributed by atoms with E-state index in [1.807, 2.05) is 6.07 Å². The maximum atomic E-state index is 13.6. The highest BCUT2D eigenvalue weighted by Crippen LogP contribution is 2.44. The molecule has 0 spiro atoms. The highest BCUT2D eigenvalue weighted by Gasteiger charge is 2.43. The van der Waals surface area contributed by atoms with Crippen LogP contribution in [0.25, 0.3) is 0 Å². The number of hydrogen-bond donors (Lipinski definition) is 1. The first-order chi connectivity index (χ1) is 16.1. The monoisotopic (exact) mass is 583 g/mol. The van der Waals surface area contributed by atoms with Crippen molar-refractivity contribution in [3.8, 4) is 6.07 Å². The zero-order chi connectivity index (χ0) is 25.2. The highest BCUT2D eigenvalue weighted by atomic mass is 127. The van der Waals surface area contributed by atoms with E-state index < -0.39 is 35.3 Å². The number of alkyl halides is 3. The van der Waals surface area contributed by atoms with E-state index in [2.05, 4.69) is 0 Å². The number of halogens is 4. The van der Waals surface area contributed by atoms with Gasteiger partial charge in [0, 0.05) is 9.26 Å². The molecule has 1 heterocycles. The molecule has 2 N–H and O–H groups in total. The lowest BCUT2D eigenvalue weighted by molar-refractivity contribution is -0.139. The molecule has 11 heteroatoms. The number of nitrogens with zero attached hydrogens (tertiary/aromatic N) is 2. The molecule has 1 unspecified atom stereocenters. The molecule has 0 bridgehead atoms. The van der Waals surface area contributed by atoms with Crippen LogP contribution in [0.3, 0.4) is 0 Å². The van der Waals surface area contributed by atoms with Crippen LogP contribution in [0.4, 0.5) is 18.9 Å². The number of hydrogen-bond acceptors (Lipinski definition) is 7. The molecule has 176 valence electrons. The number of anilines is 1. The number of carbonyl (C=O) groups excluding carboxylic acids is 2. The molecule has 0 aliphatic carbocycles. The van der Waals surface area contributed by atoms with Gasteiger partial charge in [-0.3, -0.25) is 4.90 Å². The summed E-state index contributed by atoms with van der Waals surface area (Å²) in [6.45, 7) is 0. The molecular weight excluding hydrogens is 566 g/mol. The van der Waals surface area contributed by atoms with Crippen LogP contribution in [0.2, 0.25) is 0 Å². The number of nitriles is 1. The fraction of sp³-hybridized carbons (Fsp3) is 0.174.